The van der Waals surface area contributed by atoms with Gasteiger partial charge in [-0.3, -0.25) is 4.79 Å². The summed E-state index contributed by atoms with van der Waals surface area (Å²) in [4.78, 5) is 11.8. The van der Waals surface area contributed by atoms with Gasteiger partial charge in [0.2, 0.25) is 0 Å². The van der Waals surface area contributed by atoms with Crippen molar-refractivity contribution in [2.75, 3.05) is 7.11 Å². The van der Waals surface area contributed by atoms with Gasteiger partial charge in [-0.1, -0.05) is 0 Å². The van der Waals surface area contributed by atoms with E-state index < -0.39 is 28.9 Å². The average molecular weight is 265 g/mol. The molecule has 7 heteroatoms. The number of methoxy groups -OCH3 is 1. The normalized spacial score (nSPS) is 15.1. The number of carbonyl (C=O) groups is 1. The van der Waals surface area contributed by atoms with Crippen molar-refractivity contribution in [3.8, 4) is 5.75 Å². The SMILES string of the molecule is COc1ccc(F)cc1C(=O)C(C)(N)C(F)(F)F. The highest BCUT2D eigenvalue weighted by molar-refractivity contribution is 6.05. The lowest BCUT2D eigenvalue weighted by Gasteiger charge is -2.26. The molecule has 0 spiro atoms. The lowest BCUT2D eigenvalue weighted by molar-refractivity contribution is -0.165. The molecule has 0 saturated heterocycles. The number of alkyl halides is 3. The molecule has 0 radical (unpaired) electrons. The largest absolute Gasteiger partial charge is 0.496 e. The summed E-state index contributed by atoms with van der Waals surface area (Å²) in [6.07, 6.45) is -4.94. The fourth-order valence-electron chi connectivity index (χ4n) is 1.27. The Bertz CT molecular complexity index is 469. The molecule has 0 fully saturated rings. The van der Waals surface area contributed by atoms with Crippen molar-refractivity contribution in [3.05, 3.63) is 29.6 Å². The van der Waals surface area contributed by atoms with Crippen molar-refractivity contribution in [2.24, 2.45) is 5.73 Å². The number of ketones is 1. The fourth-order valence-corrected chi connectivity index (χ4v) is 1.27. The lowest BCUT2D eigenvalue weighted by atomic mass is 9.91. The Morgan fingerprint density at radius 2 is 1.89 bits per heavy atom. The molecular formula is C11H11F4NO2. The highest BCUT2D eigenvalue weighted by atomic mass is 19.4. The fraction of sp³-hybridized carbons (Fsp3) is 0.364. The van der Waals surface area contributed by atoms with Gasteiger partial charge in [-0.25, -0.2) is 4.39 Å². The van der Waals surface area contributed by atoms with Gasteiger partial charge < -0.3 is 10.5 Å². The zero-order valence-electron chi connectivity index (χ0n) is 9.64. The summed E-state index contributed by atoms with van der Waals surface area (Å²) in [5.41, 5.74) is 1.35. The molecule has 0 aliphatic rings. The zero-order valence-corrected chi connectivity index (χ0v) is 9.64. The summed E-state index contributed by atoms with van der Waals surface area (Å²) in [6.45, 7) is 0.527. The second-order valence-electron chi connectivity index (χ2n) is 3.87. The molecule has 1 atom stereocenters. The third-order valence-corrected chi connectivity index (χ3v) is 2.47. The van der Waals surface area contributed by atoms with Crippen LogP contribution in [0.25, 0.3) is 0 Å². The van der Waals surface area contributed by atoms with E-state index in [1.807, 2.05) is 0 Å². The van der Waals surface area contributed by atoms with Gasteiger partial charge in [0.15, 0.2) is 11.3 Å². The number of ether oxygens (including phenoxy) is 1. The highest BCUT2D eigenvalue weighted by Crippen LogP contribution is 2.33. The molecule has 1 aromatic carbocycles. The number of benzene rings is 1. The molecule has 0 heterocycles. The predicted molar refractivity (Wildman–Crippen MR) is 55.9 cm³/mol. The minimum atomic E-state index is -4.94. The molecule has 0 aliphatic heterocycles. The first kappa shape index (κ1) is 14.4. The smallest absolute Gasteiger partial charge is 0.413 e. The Morgan fingerprint density at radius 3 is 2.33 bits per heavy atom. The Kier molecular flexibility index (Phi) is 3.66. The third kappa shape index (κ3) is 2.45. The molecular weight excluding hydrogens is 254 g/mol. The molecule has 0 aliphatic carbocycles. The van der Waals surface area contributed by atoms with Crippen molar-refractivity contribution in [1.29, 1.82) is 0 Å². The van der Waals surface area contributed by atoms with Crippen molar-refractivity contribution in [1.82, 2.24) is 0 Å². The minimum absolute atomic E-state index is 0.165. The van der Waals surface area contributed by atoms with Crippen molar-refractivity contribution in [2.45, 2.75) is 18.6 Å². The quantitative estimate of drug-likeness (QED) is 0.674. The highest BCUT2D eigenvalue weighted by Gasteiger charge is 2.54. The van der Waals surface area contributed by atoms with Crippen LogP contribution >= 0.6 is 0 Å². The van der Waals surface area contributed by atoms with E-state index in [4.69, 9.17) is 10.5 Å². The molecule has 0 saturated carbocycles. The Labute approximate surface area is 101 Å². The standard InChI is InChI=1S/C11H11F4NO2/c1-10(16,11(13,14)15)9(17)7-5-6(12)3-4-8(7)18-2/h3-5H,16H2,1-2H3. The van der Waals surface area contributed by atoms with Crippen LogP contribution in [-0.4, -0.2) is 24.6 Å². The van der Waals surface area contributed by atoms with Gasteiger partial charge in [-0.2, -0.15) is 13.2 Å². The Morgan fingerprint density at radius 1 is 1.33 bits per heavy atom. The topological polar surface area (TPSA) is 52.3 Å². The second-order valence-corrected chi connectivity index (χ2v) is 3.87. The Hall–Kier alpha value is -1.63. The van der Waals surface area contributed by atoms with Crippen molar-refractivity contribution >= 4 is 5.78 Å². The zero-order chi connectivity index (χ0) is 14.1. The molecule has 2 N–H and O–H groups in total. The number of carbonyl (C=O) groups excluding carboxylic acids is 1. The van der Waals surface area contributed by atoms with Crippen LogP contribution in [0.4, 0.5) is 17.6 Å². The van der Waals surface area contributed by atoms with Crippen LogP contribution in [0.5, 0.6) is 5.75 Å². The van der Waals surface area contributed by atoms with E-state index in [1.54, 1.807) is 0 Å². The van der Waals surface area contributed by atoms with Crippen molar-refractivity contribution in [3.63, 3.8) is 0 Å². The predicted octanol–water partition coefficient (Wildman–Crippen LogP) is 2.30. The molecule has 100 valence electrons. The maximum absolute atomic E-state index is 13.0. The van der Waals surface area contributed by atoms with E-state index in [2.05, 4.69) is 0 Å². The average Bonchev–Trinajstić information content (AvgIpc) is 2.26. The van der Waals surface area contributed by atoms with Crippen LogP contribution in [0.15, 0.2) is 18.2 Å². The number of hydrogen-bond acceptors (Lipinski definition) is 3. The lowest BCUT2D eigenvalue weighted by Crippen LogP contribution is -2.57. The second kappa shape index (κ2) is 4.56. The van der Waals surface area contributed by atoms with Gasteiger partial charge in [0.25, 0.3) is 0 Å². The first-order valence-corrected chi connectivity index (χ1v) is 4.85. The van der Waals surface area contributed by atoms with Crippen LogP contribution < -0.4 is 10.5 Å². The van der Waals surface area contributed by atoms with Gasteiger partial charge in [0.1, 0.15) is 11.6 Å². The number of Topliss-reactive ketones (excluding diaryl/α,β-unsaturated/α-hetero) is 1. The van der Waals surface area contributed by atoms with Gasteiger partial charge >= 0.3 is 6.18 Å². The van der Waals surface area contributed by atoms with E-state index in [0.717, 1.165) is 19.2 Å². The minimum Gasteiger partial charge on any atom is -0.496 e. The molecule has 0 aromatic heterocycles. The van der Waals surface area contributed by atoms with Crippen LogP contribution in [-0.2, 0) is 0 Å². The monoisotopic (exact) mass is 265 g/mol. The summed E-state index contributed by atoms with van der Waals surface area (Å²) in [5.74, 6) is -2.47. The number of nitrogens with two attached hydrogens (primary N) is 1. The van der Waals surface area contributed by atoms with Crippen LogP contribution in [0.1, 0.15) is 17.3 Å². The van der Waals surface area contributed by atoms with E-state index in [-0.39, 0.29) is 5.75 Å². The van der Waals surface area contributed by atoms with E-state index in [9.17, 15) is 22.4 Å². The van der Waals surface area contributed by atoms with Gasteiger partial charge in [-0.05, 0) is 25.1 Å². The van der Waals surface area contributed by atoms with E-state index >= 15 is 0 Å². The molecule has 1 aromatic rings. The first-order chi connectivity index (χ1) is 8.11. The number of rotatable bonds is 3. The van der Waals surface area contributed by atoms with E-state index in [1.165, 1.54) is 0 Å². The molecule has 1 rings (SSSR count). The Balaban J connectivity index is 3.31. The van der Waals surface area contributed by atoms with Gasteiger partial charge in [0, 0.05) is 0 Å². The number of halogens is 4. The van der Waals surface area contributed by atoms with Crippen LogP contribution in [0.3, 0.4) is 0 Å². The third-order valence-electron chi connectivity index (χ3n) is 2.47. The summed E-state index contributed by atoms with van der Waals surface area (Å²) in [6, 6.07) is 2.70. The maximum atomic E-state index is 13.0. The molecule has 18 heavy (non-hydrogen) atoms. The summed E-state index contributed by atoms with van der Waals surface area (Å²) < 4.78 is 55.6. The number of hydrogen-bond donors (Lipinski definition) is 1. The molecule has 0 amide bonds. The summed E-state index contributed by atoms with van der Waals surface area (Å²) in [7, 11) is 1.16. The maximum Gasteiger partial charge on any atom is 0.413 e. The van der Waals surface area contributed by atoms with Crippen LogP contribution in [0, 0.1) is 5.82 Å². The van der Waals surface area contributed by atoms with Crippen molar-refractivity contribution < 1.29 is 27.1 Å². The van der Waals surface area contributed by atoms with E-state index in [0.29, 0.717) is 13.0 Å². The summed E-state index contributed by atoms with van der Waals surface area (Å²) >= 11 is 0. The first-order valence-electron chi connectivity index (χ1n) is 4.85. The van der Waals surface area contributed by atoms with Gasteiger partial charge in [-0.15, -0.1) is 0 Å². The molecule has 1 unspecified atom stereocenters. The molecule has 0 bridgehead atoms. The summed E-state index contributed by atoms with van der Waals surface area (Å²) in [5, 5.41) is 0. The van der Waals surface area contributed by atoms with Crippen LogP contribution in [0.2, 0.25) is 0 Å². The van der Waals surface area contributed by atoms with Gasteiger partial charge in [0.05, 0.1) is 12.7 Å². The molecule has 3 nitrogen and oxygen atoms in total.